The van der Waals surface area contributed by atoms with Crippen molar-refractivity contribution in [2.24, 2.45) is 0 Å². The van der Waals surface area contributed by atoms with Crippen LogP contribution in [0.25, 0.3) is 33.8 Å². The van der Waals surface area contributed by atoms with Gasteiger partial charge in [-0.3, -0.25) is 28.6 Å². The average Bonchev–Trinajstić information content (AvgIpc) is 4.13. The molecule has 0 spiro atoms. The third-order valence-electron chi connectivity index (χ3n) is 13.2. The number of pyridine rings is 2. The number of hydrogen-bond acceptors (Lipinski definition) is 8. The van der Waals surface area contributed by atoms with Crippen LogP contribution >= 0.6 is 35.3 Å². The molecule has 11 nitrogen and oxygen atoms in total. The molecule has 7 aromatic rings. The first-order valence-corrected chi connectivity index (χ1v) is 25.4. The fraction of sp³-hybridized carbons (Fsp3) is 0.196. The molecule has 2 atom stereocenters. The number of halogens is 2. The van der Waals surface area contributed by atoms with Gasteiger partial charge < -0.3 is 56.3 Å². The Bertz CT molecular complexity index is 3330. The molecule has 0 radical (unpaired) electrons. The predicted octanol–water partition coefficient (Wildman–Crippen LogP) is 1.25. The number of anilines is 2. The number of amides is 2. The molecule has 366 valence electrons. The smallest absolute Gasteiger partial charge is 0.309 e. The summed E-state index contributed by atoms with van der Waals surface area (Å²) in [5.41, 5.74) is 10.8. The maximum atomic E-state index is 14.3. The molecule has 1 saturated heterocycles. The van der Waals surface area contributed by atoms with E-state index in [9.17, 15) is 19.2 Å². The highest BCUT2D eigenvalue weighted by atomic mass is 127. The number of aliphatic carboxylic acids is 1. The molecule has 1 aliphatic carbocycles. The molecule has 2 unspecified atom stereocenters. The SMILES string of the molecule is CN1C(=O)/C(=c2\sc(=Cc3ccc4c(c3)C3CCCC3N4c3ccc(C=C(c4ccccc4)c4ccccc4)cc3)c(=O)n2CC(=O)NCC[n+]2ccc(-c3cc[n+](CCC(=O)O)cc3)cc2)SC1=S.[Br-].[I-]. The Balaban J connectivity index is 0.00000347. The third-order valence-corrected chi connectivity index (χ3v) is 16.0. The number of aromatic nitrogens is 3. The largest absolute Gasteiger partial charge is 1.00 e. The Hall–Kier alpha value is -6.05. The van der Waals surface area contributed by atoms with E-state index >= 15 is 0 Å². The number of thioether (sulfide) groups is 1. The summed E-state index contributed by atoms with van der Waals surface area (Å²) < 4.78 is 6.44. The fourth-order valence-electron chi connectivity index (χ4n) is 9.67. The van der Waals surface area contributed by atoms with Gasteiger partial charge in [0.1, 0.15) is 26.9 Å². The average molecular weight is 1190 g/mol. The second kappa shape index (κ2) is 23.2. The topological polar surface area (TPSA) is 120 Å². The monoisotopic (exact) mass is 1190 g/mol. The lowest BCUT2D eigenvalue weighted by Gasteiger charge is -2.27. The van der Waals surface area contributed by atoms with Crippen LogP contribution in [-0.2, 0) is 34.0 Å². The van der Waals surface area contributed by atoms with Crippen molar-refractivity contribution < 1.29 is 69.6 Å². The van der Waals surface area contributed by atoms with E-state index in [0.29, 0.717) is 50.0 Å². The summed E-state index contributed by atoms with van der Waals surface area (Å²) in [6, 6.07) is 44.5. The van der Waals surface area contributed by atoms with Gasteiger partial charge in [0.25, 0.3) is 11.5 Å². The van der Waals surface area contributed by atoms with E-state index < -0.39 is 5.97 Å². The number of thiocarbonyl (C=S) groups is 1. The quantitative estimate of drug-likeness (QED) is 0.0725. The van der Waals surface area contributed by atoms with Crippen LogP contribution < -0.4 is 75.1 Å². The van der Waals surface area contributed by atoms with Crippen LogP contribution in [0.15, 0.2) is 157 Å². The van der Waals surface area contributed by atoms with E-state index in [-0.39, 0.29) is 71.3 Å². The molecule has 1 saturated carbocycles. The maximum absolute atomic E-state index is 14.3. The summed E-state index contributed by atoms with van der Waals surface area (Å²) in [6.45, 7) is 0.962. The highest BCUT2D eigenvalue weighted by Gasteiger charge is 2.42. The Morgan fingerprint density at radius 1 is 0.806 bits per heavy atom. The summed E-state index contributed by atoms with van der Waals surface area (Å²) in [6.07, 6.45) is 15.1. The second-order valence-electron chi connectivity index (χ2n) is 17.7. The van der Waals surface area contributed by atoms with Gasteiger partial charge in [-0.1, -0.05) is 109 Å². The van der Waals surface area contributed by atoms with Crippen LogP contribution in [0.1, 0.15) is 59.4 Å². The Kier molecular flexibility index (Phi) is 16.9. The number of carboxylic acids is 1. The van der Waals surface area contributed by atoms with Crippen LogP contribution in [0.3, 0.4) is 0 Å². The summed E-state index contributed by atoms with van der Waals surface area (Å²) >= 11 is 7.83. The molecule has 2 N–H and O–H groups in total. The number of hydrogen-bond donors (Lipinski definition) is 2. The summed E-state index contributed by atoms with van der Waals surface area (Å²) in [5, 5.41) is 11.9. The van der Waals surface area contributed by atoms with Crippen molar-refractivity contribution in [2.45, 2.75) is 57.3 Å². The second-order valence-corrected chi connectivity index (χ2v) is 20.4. The lowest BCUT2D eigenvalue weighted by molar-refractivity contribution is -0.696. The van der Waals surface area contributed by atoms with Gasteiger partial charge in [-0.2, -0.15) is 0 Å². The minimum absolute atomic E-state index is 0. The number of nitrogens with one attached hydrogen (secondary N) is 1. The third kappa shape index (κ3) is 11.3. The molecule has 16 heteroatoms. The first-order chi connectivity index (χ1) is 34.1. The van der Waals surface area contributed by atoms with Gasteiger partial charge in [-0.05, 0) is 93.8 Å². The van der Waals surface area contributed by atoms with Gasteiger partial charge in [0, 0.05) is 54.6 Å². The maximum Gasteiger partial charge on any atom is 0.309 e. The lowest BCUT2D eigenvalue weighted by atomic mass is 9.95. The van der Waals surface area contributed by atoms with Crippen molar-refractivity contribution in [3.8, 4) is 11.1 Å². The minimum atomic E-state index is -0.837. The molecule has 72 heavy (non-hydrogen) atoms. The molecular formula is C56H50BrIN6O5S3. The van der Waals surface area contributed by atoms with Crippen molar-refractivity contribution in [1.82, 2.24) is 14.8 Å². The summed E-state index contributed by atoms with van der Waals surface area (Å²) in [4.78, 5) is 56.5. The van der Waals surface area contributed by atoms with E-state index in [1.54, 1.807) is 7.05 Å². The Labute approximate surface area is 458 Å². The van der Waals surface area contributed by atoms with Gasteiger partial charge in [-0.25, -0.2) is 9.13 Å². The zero-order valence-corrected chi connectivity index (χ0v) is 45.4. The van der Waals surface area contributed by atoms with Crippen LogP contribution in [0.4, 0.5) is 11.4 Å². The van der Waals surface area contributed by atoms with Gasteiger partial charge in [0.2, 0.25) is 5.91 Å². The zero-order chi connectivity index (χ0) is 48.3. The number of fused-ring (bicyclic) bond motifs is 3. The fourth-order valence-corrected chi connectivity index (χ4v) is 12.1. The van der Waals surface area contributed by atoms with E-state index in [0.717, 1.165) is 59.0 Å². The highest BCUT2D eigenvalue weighted by Crippen LogP contribution is 2.52. The summed E-state index contributed by atoms with van der Waals surface area (Å²) in [7, 11) is 1.62. The Morgan fingerprint density at radius 2 is 1.42 bits per heavy atom. The van der Waals surface area contributed by atoms with E-state index in [4.69, 9.17) is 17.3 Å². The molecule has 5 heterocycles. The molecule has 3 aromatic heterocycles. The molecule has 3 aliphatic rings. The molecule has 0 bridgehead atoms. The molecule has 2 amide bonds. The van der Waals surface area contributed by atoms with Crippen LogP contribution in [0.5, 0.6) is 0 Å². The molecule has 2 aliphatic heterocycles. The standard InChI is InChI=1S/C56H48N6O5S3.BrH.HI/c1-58-54(67)52(70-56(58)68)55-61(36-50(63)57-26-32-60-29-23-40(24-30-60)39-21-27-59(28-22-39)31-25-51(64)65)53(66)49(69-55)35-38-17-20-48-46(34-38)44-13-8-14-47(44)62(48)43-18-15-37(16-19-43)33-45(41-9-4-2-5-10-41)42-11-6-3-7-12-42;;/h2-7,9-12,15-24,27-30,33-35,44,47H,8,13-14,25-26,31-32,36H2,1H3;2*1H/b49-35?,55-52+;;. The number of nitrogens with zero attached hydrogens (tertiary/aromatic N) is 5. The zero-order valence-electron chi connectivity index (χ0n) is 39.2. The van der Waals surface area contributed by atoms with Gasteiger partial charge in [-0.15, -0.1) is 11.3 Å². The number of carbonyl (C=O) groups excluding carboxylic acids is 2. The van der Waals surface area contributed by atoms with Crippen molar-refractivity contribution in [2.75, 3.05) is 18.5 Å². The van der Waals surface area contributed by atoms with Crippen molar-refractivity contribution in [1.29, 1.82) is 0 Å². The number of thiazole rings is 1. The molecule has 10 rings (SSSR count). The summed E-state index contributed by atoms with van der Waals surface area (Å²) in [5.74, 6) is -1.13. The molecule has 2 fully saturated rings. The highest BCUT2D eigenvalue weighted by molar-refractivity contribution is 8.30. The minimum Gasteiger partial charge on any atom is -1.00 e. The Morgan fingerprint density at radius 3 is 2.01 bits per heavy atom. The molecule has 4 aromatic carbocycles. The lowest BCUT2D eigenvalue weighted by Crippen LogP contribution is -3.00. The van der Waals surface area contributed by atoms with Crippen molar-refractivity contribution in [3.05, 3.63) is 200 Å². The normalized spacial score (nSPS) is 16.7. The predicted molar refractivity (Wildman–Crippen MR) is 281 cm³/mol. The first kappa shape index (κ1) is 52.3. The number of carboxylic acid groups (broad SMARTS) is 1. The van der Waals surface area contributed by atoms with E-state index in [1.807, 2.05) is 76.4 Å². The number of aryl methyl sites for hydroxylation is 1. The van der Waals surface area contributed by atoms with Crippen LogP contribution in [-0.4, -0.2) is 56.3 Å². The van der Waals surface area contributed by atoms with Gasteiger partial charge in [0.15, 0.2) is 37.9 Å². The first-order valence-electron chi connectivity index (χ1n) is 23.4. The van der Waals surface area contributed by atoms with E-state index in [1.165, 1.54) is 48.8 Å². The molecular weight excluding hydrogens is 1140 g/mol. The van der Waals surface area contributed by atoms with E-state index in [2.05, 4.69) is 107 Å². The number of carbonyl (C=O) groups is 3. The van der Waals surface area contributed by atoms with Gasteiger partial charge in [0.05, 0.1) is 11.1 Å². The van der Waals surface area contributed by atoms with Crippen LogP contribution in [0.2, 0.25) is 0 Å². The van der Waals surface area contributed by atoms with Crippen LogP contribution in [0, 0.1) is 0 Å². The van der Waals surface area contributed by atoms with Crippen molar-refractivity contribution >= 4 is 91.4 Å². The number of rotatable bonds is 14. The number of benzene rings is 4. The van der Waals surface area contributed by atoms with Crippen molar-refractivity contribution in [3.63, 3.8) is 0 Å². The van der Waals surface area contributed by atoms with Gasteiger partial charge >= 0.3 is 5.97 Å².